The minimum absolute atomic E-state index is 0.0173. The van der Waals surface area contributed by atoms with Gasteiger partial charge in [0.15, 0.2) is 0 Å². The van der Waals surface area contributed by atoms with Gasteiger partial charge in [-0.15, -0.1) is 11.8 Å². The molecule has 2 rings (SSSR count). The fourth-order valence-electron chi connectivity index (χ4n) is 2.24. The number of halogens is 1. The van der Waals surface area contributed by atoms with Crippen LogP contribution in [0.4, 0.5) is 0 Å². The molecule has 24 heavy (non-hydrogen) atoms. The van der Waals surface area contributed by atoms with E-state index in [4.69, 9.17) is 16.3 Å². The van der Waals surface area contributed by atoms with E-state index < -0.39 is 5.60 Å². The van der Waals surface area contributed by atoms with Crippen LogP contribution in [-0.4, -0.2) is 25.3 Å². The van der Waals surface area contributed by atoms with Gasteiger partial charge in [-0.25, -0.2) is 0 Å². The highest BCUT2D eigenvalue weighted by molar-refractivity contribution is 7.99. The second-order valence-corrected chi connectivity index (χ2v) is 7.24. The molecule has 0 aliphatic heterocycles. The van der Waals surface area contributed by atoms with Crippen LogP contribution in [0.15, 0.2) is 59.5 Å². The number of methoxy groups -OCH3 is 1. The van der Waals surface area contributed by atoms with Crippen LogP contribution in [0.2, 0.25) is 5.02 Å². The lowest BCUT2D eigenvalue weighted by molar-refractivity contribution is -0.122. The molecule has 0 radical (unpaired) electrons. The first-order valence-electron chi connectivity index (χ1n) is 7.79. The van der Waals surface area contributed by atoms with Crippen molar-refractivity contribution < 1.29 is 9.53 Å². The molecular weight excluding hydrogens is 342 g/mol. The summed E-state index contributed by atoms with van der Waals surface area (Å²) in [6.45, 7) is 2.34. The highest BCUT2D eigenvalue weighted by Gasteiger charge is 2.27. The summed E-state index contributed by atoms with van der Waals surface area (Å²) in [4.78, 5) is 13.3. The molecule has 2 aromatic rings. The van der Waals surface area contributed by atoms with Crippen molar-refractivity contribution in [1.82, 2.24) is 5.32 Å². The maximum Gasteiger partial charge on any atom is 0.220 e. The largest absolute Gasteiger partial charge is 0.372 e. The molecule has 0 heterocycles. The van der Waals surface area contributed by atoms with Gasteiger partial charge in [-0.2, -0.15) is 0 Å². The summed E-state index contributed by atoms with van der Waals surface area (Å²) < 4.78 is 5.62. The first-order valence-corrected chi connectivity index (χ1v) is 9.15. The maximum atomic E-state index is 12.1. The van der Waals surface area contributed by atoms with Crippen LogP contribution in [0, 0.1) is 0 Å². The van der Waals surface area contributed by atoms with Crippen LogP contribution in [-0.2, 0) is 15.1 Å². The zero-order chi connectivity index (χ0) is 17.4. The Labute approximate surface area is 152 Å². The average molecular weight is 364 g/mol. The van der Waals surface area contributed by atoms with Crippen LogP contribution in [0.1, 0.15) is 18.9 Å². The van der Waals surface area contributed by atoms with Gasteiger partial charge in [-0.3, -0.25) is 4.79 Å². The van der Waals surface area contributed by atoms with E-state index in [9.17, 15) is 4.79 Å². The number of hydrogen-bond acceptors (Lipinski definition) is 3. The summed E-state index contributed by atoms with van der Waals surface area (Å²) in [7, 11) is 1.64. The van der Waals surface area contributed by atoms with Gasteiger partial charge >= 0.3 is 0 Å². The van der Waals surface area contributed by atoms with E-state index in [-0.39, 0.29) is 5.91 Å². The minimum Gasteiger partial charge on any atom is -0.372 e. The monoisotopic (exact) mass is 363 g/mol. The third-order valence-corrected chi connectivity index (χ3v) is 5.10. The molecule has 0 fully saturated rings. The lowest BCUT2D eigenvalue weighted by atomic mass is 9.95. The lowest BCUT2D eigenvalue weighted by Crippen LogP contribution is -2.40. The topological polar surface area (TPSA) is 38.3 Å². The first kappa shape index (κ1) is 18.8. The van der Waals surface area contributed by atoms with Crippen LogP contribution in [0.3, 0.4) is 0 Å². The zero-order valence-electron chi connectivity index (χ0n) is 13.9. The van der Waals surface area contributed by atoms with Gasteiger partial charge in [0.1, 0.15) is 5.60 Å². The molecule has 2 aromatic carbocycles. The number of rotatable bonds is 8. The molecule has 1 amide bonds. The normalized spacial score (nSPS) is 13.3. The van der Waals surface area contributed by atoms with Crippen LogP contribution >= 0.6 is 23.4 Å². The predicted molar refractivity (Wildman–Crippen MR) is 101 cm³/mol. The Kier molecular flexibility index (Phi) is 7.16. The Morgan fingerprint density at radius 2 is 1.96 bits per heavy atom. The Morgan fingerprint density at radius 3 is 2.62 bits per heavy atom. The molecule has 0 aromatic heterocycles. The number of hydrogen-bond donors (Lipinski definition) is 1. The van der Waals surface area contributed by atoms with E-state index >= 15 is 0 Å². The standard InChI is InChI=1S/C19H22ClNO2S/c1-19(23-2,15-7-6-8-16(20)13-15)14-21-18(22)11-12-24-17-9-4-3-5-10-17/h3-10,13H,11-12,14H2,1-2H3,(H,21,22). The Morgan fingerprint density at radius 1 is 1.21 bits per heavy atom. The number of carbonyl (C=O) groups is 1. The average Bonchev–Trinajstić information content (AvgIpc) is 2.60. The minimum atomic E-state index is -0.604. The van der Waals surface area contributed by atoms with Gasteiger partial charge in [0.2, 0.25) is 5.91 Å². The summed E-state index contributed by atoms with van der Waals surface area (Å²) in [5.41, 5.74) is 0.337. The molecule has 1 unspecified atom stereocenters. The van der Waals surface area contributed by atoms with Crippen LogP contribution in [0.25, 0.3) is 0 Å². The van der Waals surface area contributed by atoms with Crippen molar-refractivity contribution in [1.29, 1.82) is 0 Å². The van der Waals surface area contributed by atoms with E-state index in [0.717, 1.165) is 11.3 Å². The van der Waals surface area contributed by atoms with E-state index in [1.54, 1.807) is 18.9 Å². The number of carbonyl (C=O) groups excluding carboxylic acids is 1. The smallest absolute Gasteiger partial charge is 0.220 e. The summed E-state index contributed by atoms with van der Waals surface area (Å²) >= 11 is 7.73. The number of thioether (sulfide) groups is 1. The van der Waals surface area contributed by atoms with Crippen molar-refractivity contribution in [2.45, 2.75) is 23.8 Å². The number of nitrogens with one attached hydrogen (secondary N) is 1. The van der Waals surface area contributed by atoms with Gasteiger partial charge in [0.05, 0.1) is 6.54 Å². The second-order valence-electron chi connectivity index (χ2n) is 5.63. The third kappa shape index (κ3) is 5.55. The number of ether oxygens (including phenoxy) is 1. The molecule has 0 aliphatic carbocycles. The fourth-order valence-corrected chi connectivity index (χ4v) is 3.31. The lowest BCUT2D eigenvalue weighted by Gasteiger charge is -2.29. The predicted octanol–water partition coefficient (Wildman–Crippen LogP) is 4.50. The Bertz CT molecular complexity index is 665. The highest BCUT2D eigenvalue weighted by atomic mass is 35.5. The summed E-state index contributed by atoms with van der Waals surface area (Å²) in [6, 6.07) is 17.6. The number of amides is 1. The van der Waals surface area contributed by atoms with Gasteiger partial charge in [-0.05, 0) is 36.8 Å². The van der Waals surface area contributed by atoms with E-state index in [1.165, 1.54) is 4.90 Å². The maximum absolute atomic E-state index is 12.1. The van der Waals surface area contributed by atoms with Crippen molar-refractivity contribution in [2.75, 3.05) is 19.4 Å². The summed E-state index contributed by atoms with van der Waals surface area (Å²) in [6.07, 6.45) is 0.467. The molecule has 5 heteroatoms. The van der Waals surface area contributed by atoms with Gasteiger partial charge in [0.25, 0.3) is 0 Å². The Balaban J connectivity index is 1.83. The third-order valence-electron chi connectivity index (χ3n) is 3.85. The zero-order valence-corrected chi connectivity index (χ0v) is 15.5. The molecule has 3 nitrogen and oxygen atoms in total. The molecule has 0 spiro atoms. The molecule has 0 saturated carbocycles. The fraction of sp³-hybridized carbons (Fsp3) is 0.316. The van der Waals surface area contributed by atoms with E-state index in [1.807, 2.05) is 61.5 Å². The molecule has 128 valence electrons. The Hall–Kier alpha value is -1.49. The molecule has 0 saturated heterocycles. The van der Waals surface area contributed by atoms with Crippen molar-refractivity contribution in [3.63, 3.8) is 0 Å². The van der Waals surface area contributed by atoms with E-state index in [0.29, 0.717) is 18.0 Å². The first-order chi connectivity index (χ1) is 11.5. The summed E-state index contributed by atoms with van der Waals surface area (Å²) in [5.74, 6) is 0.764. The van der Waals surface area contributed by atoms with Crippen LogP contribution < -0.4 is 5.32 Å². The van der Waals surface area contributed by atoms with E-state index in [2.05, 4.69) is 5.32 Å². The van der Waals surface area contributed by atoms with Crippen molar-refractivity contribution in [3.8, 4) is 0 Å². The number of benzene rings is 2. The van der Waals surface area contributed by atoms with Crippen molar-refractivity contribution >= 4 is 29.3 Å². The van der Waals surface area contributed by atoms with Crippen molar-refractivity contribution in [2.24, 2.45) is 0 Å². The molecular formula is C19H22ClNO2S. The highest BCUT2D eigenvalue weighted by Crippen LogP contribution is 2.26. The molecule has 1 atom stereocenters. The van der Waals surface area contributed by atoms with Gasteiger partial charge in [0, 0.05) is 29.2 Å². The van der Waals surface area contributed by atoms with Gasteiger partial charge in [-0.1, -0.05) is 41.9 Å². The SMILES string of the molecule is COC(C)(CNC(=O)CCSc1ccccc1)c1cccc(Cl)c1. The van der Waals surface area contributed by atoms with Gasteiger partial charge < -0.3 is 10.1 Å². The quantitative estimate of drug-likeness (QED) is 0.702. The molecule has 1 N–H and O–H groups in total. The molecule has 0 aliphatic rings. The summed E-state index contributed by atoms with van der Waals surface area (Å²) in [5, 5.41) is 3.61. The second kappa shape index (κ2) is 9.11. The van der Waals surface area contributed by atoms with Crippen molar-refractivity contribution in [3.05, 3.63) is 65.2 Å². The molecule has 0 bridgehead atoms. The van der Waals surface area contributed by atoms with Crippen LogP contribution in [0.5, 0.6) is 0 Å².